The van der Waals surface area contributed by atoms with E-state index in [2.05, 4.69) is 21.4 Å². The van der Waals surface area contributed by atoms with Crippen molar-refractivity contribution in [2.75, 3.05) is 6.61 Å². The number of halogens is 1. The molecule has 0 heterocycles. The van der Waals surface area contributed by atoms with Crippen LogP contribution in [0.25, 0.3) is 0 Å². The van der Waals surface area contributed by atoms with E-state index < -0.39 is 0 Å². The molecule has 3 N–H and O–H groups in total. The van der Waals surface area contributed by atoms with Crippen LogP contribution in [0.2, 0.25) is 0 Å². The van der Waals surface area contributed by atoms with Gasteiger partial charge in [0, 0.05) is 6.42 Å². The highest BCUT2D eigenvalue weighted by Gasteiger charge is 2.01. The molecule has 4 nitrogen and oxygen atoms in total. The lowest BCUT2D eigenvalue weighted by Gasteiger charge is -2.08. The largest absolute Gasteiger partial charge is 0.492 e. The minimum absolute atomic E-state index is 0.137. The van der Waals surface area contributed by atoms with Crippen molar-refractivity contribution in [2.45, 2.75) is 26.2 Å². The maximum absolute atomic E-state index is 10.9. The Kier molecular flexibility index (Phi) is 6.00. The molecule has 1 aromatic carbocycles. The molecule has 1 amide bonds. The number of carbonyl (C=O) groups excluding carboxylic acids is 1. The Bertz CT molecular complexity index is 383. The molecule has 17 heavy (non-hydrogen) atoms. The second-order valence-electron chi connectivity index (χ2n) is 3.81. The van der Waals surface area contributed by atoms with Gasteiger partial charge in [-0.05, 0) is 53.4 Å². The van der Waals surface area contributed by atoms with E-state index in [1.165, 1.54) is 5.56 Å². The van der Waals surface area contributed by atoms with Gasteiger partial charge in [-0.1, -0.05) is 6.07 Å². The zero-order valence-corrected chi connectivity index (χ0v) is 11.4. The number of nitrogens with one attached hydrogen (secondary N) is 1. The molecule has 1 aromatic rings. The fourth-order valence-corrected chi connectivity index (χ4v) is 1.97. The Morgan fingerprint density at radius 3 is 2.88 bits per heavy atom. The third-order valence-electron chi connectivity index (χ3n) is 2.30. The normalized spacial score (nSPS) is 10.1. The first-order valence-corrected chi connectivity index (χ1v) is 6.31. The summed E-state index contributed by atoms with van der Waals surface area (Å²) in [4.78, 5) is 10.9. The van der Waals surface area contributed by atoms with Gasteiger partial charge in [0.1, 0.15) is 5.75 Å². The van der Waals surface area contributed by atoms with Crippen LogP contribution in [0.3, 0.4) is 0 Å². The van der Waals surface area contributed by atoms with E-state index in [-0.39, 0.29) is 5.91 Å². The SMILES string of the molecule is Cc1ccc(OCCCCC(=O)NN)c(Br)c1. The predicted molar refractivity (Wildman–Crippen MR) is 70.6 cm³/mol. The number of ether oxygens (including phenoxy) is 1. The van der Waals surface area contributed by atoms with Crippen LogP contribution in [0.4, 0.5) is 0 Å². The molecular weight excluding hydrogens is 284 g/mol. The second kappa shape index (κ2) is 7.29. The molecule has 0 aliphatic rings. The van der Waals surface area contributed by atoms with Crippen molar-refractivity contribution in [2.24, 2.45) is 5.84 Å². The molecule has 94 valence electrons. The summed E-state index contributed by atoms with van der Waals surface area (Å²) in [6.07, 6.45) is 2.04. The molecule has 1 rings (SSSR count). The minimum Gasteiger partial charge on any atom is -0.492 e. The molecule has 0 atom stereocenters. The van der Waals surface area contributed by atoms with E-state index >= 15 is 0 Å². The Morgan fingerprint density at radius 1 is 1.47 bits per heavy atom. The lowest BCUT2D eigenvalue weighted by Crippen LogP contribution is -2.29. The fraction of sp³-hybridized carbons (Fsp3) is 0.417. The Hall–Kier alpha value is -1.07. The summed E-state index contributed by atoms with van der Waals surface area (Å²) >= 11 is 3.45. The number of hydrazine groups is 1. The third kappa shape index (κ3) is 5.19. The van der Waals surface area contributed by atoms with Gasteiger partial charge < -0.3 is 4.74 Å². The van der Waals surface area contributed by atoms with Crippen LogP contribution < -0.4 is 16.0 Å². The molecular formula is C12H17BrN2O2. The van der Waals surface area contributed by atoms with E-state index in [4.69, 9.17) is 10.6 Å². The van der Waals surface area contributed by atoms with Crippen molar-refractivity contribution in [3.05, 3.63) is 28.2 Å². The summed E-state index contributed by atoms with van der Waals surface area (Å²) in [6, 6.07) is 5.95. The molecule has 0 aliphatic heterocycles. The Balaban J connectivity index is 2.24. The van der Waals surface area contributed by atoms with Gasteiger partial charge in [-0.3, -0.25) is 10.2 Å². The minimum atomic E-state index is -0.137. The smallest absolute Gasteiger partial charge is 0.233 e. The van der Waals surface area contributed by atoms with E-state index in [0.29, 0.717) is 13.0 Å². The molecule has 0 spiro atoms. The molecule has 0 aromatic heterocycles. The summed E-state index contributed by atoms with van der Waals surface area (Å²) in [7, 11) is 0. The molecule has 0 bridgehead atoms. The Labute approximate surface area is 110 Å². The van der Waals surface area contributed by atoms with E-state index in [0.717, 1.165) is 23.1 Å². The van der Waals surface area contributed by atoms with Crippen LogP contribution in [0, 0.1) is 6.92 Å². The molecule has 0 saturated carbocycles. The van der Waals surface area contributed by atoms with Crippen molar-refractivity contribution in [3.8, 4) is 5.75 Å². The second-order valence-corrected chi connectivity index (χ2v) is 4.66. The molecule has 0 saturated heterocycles. The van der Waals surface area contributed by atoms with E-state index in [1.807, 2.05) is 25.1 Å². The molecule has 5 heteroatoms. The molecule has 0 unspecified atom stereocenters. The predicted octanol–water partition coefficient (Wildman–Crippen LogP) is 2.30. The highest BCUT2D eigenvalue weighted by molar-refractivity contribution is 9.10. The monoisotopic (exact) mass is 300 g/mol. The van der Waals surface area contributed by atoms with Gasteiger partial charge in [0.05, 0.1) is 11.1 Å². The first kappa shape index (κ1) is 14.0. The average molecular weight is 301 g/mol. The van der Waals surface area contributed by atoms with Crippen molar-refractivity contribution in [3.63, 3.8) is 0 Å². The number of aryl methyl sites for hydroxylation is 1. The third-order valence-corrected chi connectivity index (χ3v) is 2.92. The standard InChI is InChI=1S/C12H17BrN2O2/c1-9-5-6-11(10(13)8-9)17-7-3-2-4-12(16)15-14/h5-6,8H,2-4,7,14H2,1H3,(H,15,16). The highest BCUT2D eigenvalue weighted by Crippen LogP contribution is 2.25. The van der Waals surface area contributed by atoms with Crippen LogP contribution >= 0.6 is 15.9 Å². The van der Waals surface area contributed by atoms with Gasteiger partial charge >= 0.3 is 0 Å². The van der Waals surface area contributed by atoms with Crippen molar-refractivity contribution in [1.29, 1.82) is 0 Å². The van der Waals surface area contributed by atoms with Gasteiger partial charge in [-0.2, -0.15) is 0 Å². The van der Waals surface area contributed by atoms with Gasteiger partial charge in [0.2, 0.25) is 5.91 Å². The van der Waals surface area contributed by atoms with Gasteiger partial charge in [-0.25, -0.2) is 5.84 Å². The topological polar surface area (TPSA) is 64.3 Å². The van der Waals surface area contributed by atoms with Gasteiger partial charge in [-0.15, -0.1) is 0 Å². The van der Waals surface area contributed by atoms with Crippen molar-refractivity contribution >= 4 is 21.8 Å². The van der Waals surface area contributed by atoms with Crippen LogP contribution in [0.1, 0.15) is 24.8 Å². The number of benzene rings is 1. The first-order chi connectivity index (χ1) is 8.13. The lowest BCUT2D eigenvalue weighted by atomic mass is 10.2. The fourth-order valence-electron chi connectivity index (χ4n) is 1.36. The molecule has 0 radical (unpaired) electrons. The molecule has 0 aliphatic carbocycles. The molecule has 0 fully saturated rings. The summed E-state index contributed by atoms with van der Waals surface area (Å²) in [5, 5.41) is 0. The number of nitrogens with two attached hydrogens (primary N) is 1. The van der Waals surface area contributed by atoms with Crippen molar-refractivity contribution in [1.82, 2.24) is 5.43 Å². The summed E-state index contributed by atoms with van der Waals surface area (Å²) in [5.74, 6) is 5.67. The van der Waals surface area contributed by atoms with Crippen LogP contribution in [0.5, 0.6) is 5.75 Å². The zero-order valence-electron chi connectivity index (χ0n) is 9.83. The average Bonchev–Trinajstić information content (AvgIpc) is 2.30. The number of amides is 1. The lowest BCUT2D eigenvalue weighted by molar-refractivity contribution is -0.121. The maximum Gasteiger partial charge on any atom is 0.233 e. The van der Waals surface area contributed by atoms with Crippen LogP contribution in [-0.2, 0) is 4.79 Å². The van der Waals surface area contributed by atoms with Crippen LogP contribution in [-0.4, -0.2) is 12.5 Å². The number of carbonyl (C=O) groups is 1. The van der Waals surface area contributed by atoms with Gasteiger partial charge in [0.15, 0.2) is 0 Å². The van der Waals surface area contributed by atoms with Crippen LogP contribution in [0.15, 0.2) is 22.7 Å². The summed E-state index contributed by atoms with van der Waals surface area (Å²) < 4.78 is 6.55. The quantitative estimate of drug-likeness (QED) is 0.367. The maximum atomic E-state index is 10.9. The number of hydrogen-bond donors (Lipinski definition) is 2. The number of rotatable bonds is 6. The van der Waals surface area contributed by atoms with E-state index in [1.54, 1.807) is 0 Å². The number of unbranched alkanes of at least 4 members (excludes halogenated alkanes) is 1. The zero-order chi connectivity index (χ0) is 12.7. The van der Waals surface area contributed by atoms with Crippen molar-refractivity contribution < 1.29 is 9.53 Å². The summed E-state index contributed by atoms with van der Waals surface area (Å²) in [6.45, 7) is 2.62. The van der Waals surface area contributed by atoms with E-state index in [9.17, 15) is 4.79 Å². The highest BCUT2D eigenvalue weighted by atomic mass is 79.9. The Morgan fingerprint density at radius 2 is 2.24 bits per heavy atom. The first-order valence-electron chi connectivity index (χ1n) is 5.52. The number of hydrogen-bond acceptors (Lipinski definition) is 3. The summed E-state index contributed by atoms with van der Waals surface area (Å²) in [5.41, 5.74) is 3.29. The van der Waals surface area contributed by atoms with Gasteiger partial charge in [0.25, 0.3) is 0 Å².